The van der Waals surface area contributed by atoms with Gasteiger partial charge in [0.05, 0.1) is 6.42 Å². The Bertz CT molecular complexity index is 163. The Kier molecular flexibility index (Phi) is 4.64. The molecule has 2 heteroatoms. The SMILES string of the molecule is CC/C=C/CC(=O)OC(C)(C)C. The molecule has 0 heterocycles. The van der Waals surface area contributed by atoms with Crippen molar-refractivity contribution in [3.05, 3.63) is 12.2 Å². The summed E-state index contributed by atoms with van der Waals surface area (Å²) in [6.07, 6.45) is 5.14. The molecular formula is C10H18O2. The van der Waals surface area contributed by atoms with Crippen molar-refractivity contribution < 1.29 is 9.53 Å². The molecule has 0 rings (SSSR count). The van der Waals surface area contributed by atoms with E-state index in [2.05, 4.69) is 0 Å². The van der Waals surface area contributed by atoms with Gasteiger partial charge in [0.25, 0.3) is 0 Å². The van der Waals surface area contributed by atoms with E-state index in [1.807, 2.05) is 39.8 Å². The minimum atomic E-state index is -0.364. The minimum absolute atomic E-state index is 0.160. The first-order valence-electron chi connectivity index (χ1n) is 4.32. The molecule has 0 atom stereocenters. The van der Waals surface area contributed by atoms with Crippen LogP contribution in [0.25, 0.3) is 0 Å². The molecule has 0 N–H and O–H groups in total. The van der Waals surface area contributed by atoms with Gasteiger partial charge in [-0.2, -0.15) is 0 Å². The van der Waals surface area contributed by atoms with Crippen LogP contribution in [0, 0.1) is 0 Å². The molecule has 2 nitrogen and oxygen atoms in total. The summed E-state index contributed by atoms with van der Waals surface area (Å²) in [5.41, 5.74) is -0.364. The van der Waals surface area contributed by atoms with E-state index >= 15 is 0 Å². The van der Waals surface area contributed by atoms with Crippen molar-refractivity contribution in [2.24, 2.45) is 0 Å². The van der Waals surface area contributed by atoms with Crippen molar-refractivity contribution in [1.82, 2.24) is 0 Å². The smallest absolute Gasteiger partial charge is 0.310 e. The standard InChI is InChI=1S/C10H18O2/c1-5-6-7-8-9(11)12-10(2,3)4/h6-7H,5,8H2,1-4H3/b7-6+. The fourth-order valence-electron chi connectivity index (χ4n) is 0.729. The zero-order valence-electron chi connectivity index (χ0n) is 8.39. The fourth-order valence-corrected chi connectivity index (χ4v) is 0.729. The van der Waals surface area contributed by atoms with Crippen LogP contribution in [0.1, 0.15) is 40.5 Å². The number of hydrogen-bond acceptors (Lipinski definition) is 2. The van der Waals surface area contributed by atoms with Crippen LogP contribution < -0.4 is 0 Å². The van der Waals surface area contributed by atoms with Crippen LogP contribution in [0.15, 0.2) is 12.2 Å². The van der Waals surface area contributed by atoms with Crippen LogP contribution in [0.4, 0.5) is 0 Å². The third-order valence-electron chi connectivity index (χ3n) is 1.11. The van der Waals surface area contributed by atoms with Gasteiger partial charge in [-0.05, 0) is 27.2 Å². The Morgan fingerprint density at radius 1 is 1.33 bits per heavy atom. The second-order valence-corrected chi connectivity index (χ2v) is 3.67. The summed E-state index contributed by atoms with van der Waals surface area (Å²) in [5.74, 6) is -0.160. The molecule has 12 heavy (non-hydrogen) atoms. The van der Waals surface area contributed by atoms with Crippen molar-refractivity contribution >= 4 is 5.97 Å². The van der Waals surface area contributed by atoms with Gasteiger partial charge in [0, 0.05) is 0 Å². The molecule has 0 fully saturated rings. The van der Waals surface area contributed by atoms with Crippen LogP contribution in [0.5, 0.6) is 0 Å². The van der Waals surface area contributed by atoms with Gasteiger partial charge in [0.1, 0.15) is 5.60 Å². The molecular weight excluding hydrogens is 152 g/mol. The van der Waals surface area contributed by atoms with E-state index in [4.69, 9.17) is 4.74 Å². The van der Waals surface area contributed by atoms with Crippen LogP contribution in [0.2, 0.25) is 0 Å². The van der Waals surface area contributed by atoms with Gasteiger partial charge >= 0.3 is 5.97 Å². The third-order valence-corrected chi connectivity index (χ3v) is 1.11. The number of allylic oxidation sites excluding steroid dienone is 1. The van der Waals surface area contributed by atoms with Gasteiger partial charge in [-0.25, -0.2) is 0 Å². The molecule has 0 aromatic heterocycles. The Morgan fingerprint density at radius 2 is 1.92 bits per heavy atom. The lowest BCUT2D eigenvalue weighted by Crippen LogP contribution is -2.23. The summed E-state index contributed by atoms with van der Waals surface area (Å²) in [4.78, 5) is 11.1. The normalized spacial score (nSPS) is 12.0. The number of ether oxygens (including phenoxy) is 1. The zero-order valence-corrected chi connectivity index (χ0v) is 8.39. The highest BCUT2D eigenvalue weighted by atomic mass is 16.6. The molecule has 0 bridgehead atoms. The second kappa shape index (κ2) is 4.96. The number of carbonyl (C=O) groups is 1. The predicted octanol–water partition coefficient (Wildman–Crippen LogP) is 2.68. The number of carbonyl (C=O) groups excluding carboxylic acids is 1. The highest BCUT2D eigenvalue weighted by Crippen LogP contribution is 2.08. The van der Waals surface area contributed by atoms with Crippen molar-refractivity contribution in [2.45, 2.75) is 46.1 Å². The molecule has 0 aromatic carbocycles. The molecule has 0 unspecified atom stereocenters. The first-order valence-corrected chi connectivity index (χ1v) is 4.32. The topological polar surface area (TPSA) is 26.3 Å². The van der Waals surface area contributed by atoms with E-state index in [1.165, 1.54) is 0 Å². The molecule has 0 aliphatic heterocycles. The van der Waals surface area contributed by atoms with E-state index in [0.29, 0.717) is 6.42 Å². The largest absolute Gasteiger partial charge is 0.460 e. The molecule has 0 saturated carbocycles. The van der Waals surface area contributed by atoms with Crippen LogP contribution >= 0.6 is 0 Å². The molecule has 0 saturated heterocycles. The maximum absolute atomic E-state index is 11.1. The highest BCUT2D eigenvalue weighted by molar-refractivity contribution is 5.71. The number of rotatable bonds is 3. The molecule has 0 spiro atoms. The third kappa shape index (κ3) is 7.32. The molecule has 70 valence electrons. The lowest BCUT2D eigenvalue weighted by molar-refractivity contribution is -0.153. The molecule has 0 radical (unpaired) electrons. The Balaban J connectivity index is 3.68. The summed E-state index contributed by atoms with van der Waals surface area (Å²) < 4.78 is 5.09. The van der Waals surface area contributed by atoms with E-state index in [9.17, 15) is 4.79 Å². The van der Waals surface area contributed by atoms with Crippen LogP contribution in [-0.4, -0.2) is 11.6 Å². The average molecular weight is 170 g/mol. The quantitative estimate of drug-likeness (QED) is 0.481. The molecule has 0 aliphatic rings. The van der Waals surface area contributed by atoms with Crippen molar-refractivity contribution in [1.29, 1.82) is 0 Å². The number of hydrogen-bond donors (Lipinski definition) is 0. The van der Waals surface area contributed by atoms with Gasteiger partial charge in [-0.1, -0.05) is 19.1 Å². The maximum atomic E-state index is 11.1. The van der Waals surface area contributed by atoms with Crippen molar-refractivity contribution in [2.75, 3.05) is 0 Å². The van der Waals surface area contributed by atoms with E-state index in [0.717, 1.165) is 6.42 Å². The molecule has 0 aliphatic carbocycles. The lowest BCUT2D eigenvalue weighted by Gasteiger charge is -2.18. The number of esters is 1. The van der Waals surface area contributed by atoms with Gasteiger partial charge in [-0.15, -0.1) is 0 Å². The Morgan fingerprint density at radius 3 is 2.33 bits per heavy atom. The summed E-state index contributed by atoms with van der Waals surface area (Å²) in [6, 6.07) is 0. The first kappa shape index (κ1) is 11.2. The summed E-state index contributed by atoms with van der Waals surface area (Å²) in [7, 11) is 0. The van der Waals surface area contributed by atoms with E-state index in [1.54, 1.807) is 0 Å². The van der Waals surface area contributed by atoms with Gasteiger partial charge in [0.15, 0.2) is 0 Å². The van der Waals surface area contributed by atoms with Crippen molar-refractivity contribution in [3.63, 3.8) is 0 Å². The van der Waals surface area contributed by atoms with E-state index < -0.39 is 0 Å². The van der Waals surface area contributed by atoms with Gasteiger partial charge in [-0.3, -0.25) is 4.79 Å². The lowest BCUT2D eigenvalue weighted by atomic mass is 10.2. The molecule has 0 amide bonds. The summed E-state index contributed by atoms with van der Waals surface area (Å²) in [5, 5.41) is 0. The van der Waals surface area contributed by atoms with Crippen LogP contribution in [0.3, 0.4) is 0 Å². The van der Waals surface area contributed by atoms with Crippen LogP contribution in [-0.2, 0) is 9.53 Å². The summed E-state index contributed by atoms with van der Waals surface area (Å²) in [6.45, 7) is 7.64. The Hall–Kier alpha value is -0.790. The zero-order chi connectivity index (χ0) is 9.61. The van der Waals surface area contributed by atoms with E-state index in [-0.39, 0.29) is 11.6 Å². The summed E-state index contributed by atoms with van der Waals surface area (Å²) >= 11 is 0. The minimum Gasteiger partial charge on any atom is -0.460 e. The van der Waals surface area contributed by atoms with Crippen molar-refractivity contribution in [3.8, 4) is 0 Å². The van der Waals surface area contributed by atoms with Gasteiger partial charge in [0.2, 0.25) is 0 Å². The second-order valence-electron chi connectivity index (χ2n) is 3.67. The van der Waals surface area contributed by atoms with Gasteiger partial charge < -0.3 is 4.74 Å². The molecule has 0 aromatic rings. The monoisotopic (exact) mass is 170 g/mol. The predicted molar refractivity (Wildman–Crippen MR) is 49.9 cm³/mol. The Labute approximate surface area is 74.6 Å². The first-order chi connectivity index (χ1) is 5.45. The fraction of sp³-hybridized carbons (Fsp3) is 0.700. The highest BCUT2D eigenvalue weighted by Gasteiger charge is 2.14. The average Bonchev–Trinajstić information content (AvgIpc) is 1.84. The maximum Gasteiger partial charge on any atom is 0.310 e.